The first-order valence-electron chi connectivity index (χ1n) is 8.51. The van der Waals surface area contributed by atoms with Gasteiger partial charge in [0, 0.05) is 29.0 Å². The van der Waals surface area contributed by atoms with Crippen LogP contribution < -0.4 is 16.4 Å². The Hall–Kier alpha value is -1.97. The number of carbonyl (C=O) groups is 1. The maximum absolute atomic E-state index is 12.6. The van der Waals surface area contributed by atoms with E-state index in [0.29, 0.717) is 17.0 Å². The Labute approximate surface area is 163 Å². The number of hydrogen-bond donors (Lipinski definition) is 3. The highest BCUT2D eigenvalue weighted by Gasteiger charge is 2.22. The quantitative estimate of drug-likeness (QED) is 0.583. The molecule has 1 saturated carbocycles. The Morgan fingerprint density at radius 3 is 2.96 bits per heavy atom. The summed E-state index contributed by atoms with van der Waals surface area (Å²) in [7, 11) is 0. The van der Waals surface area contributed by atoms with Gasteiger partial charge in [-0.05, 0) is 34.8 Å². The first-order chi connectivity index (χ1) is 12.6. The molecule has 0 aliphatic heterocycles. The third-order valence-electron chi connectivity index (χ3n) is 4.63. The summed E-state index contributed by atoms with van der Waals surface area (Å²) in [6.45, 7) is 0. The van der Waals surface area contributed by atoms with Crippen LogP contribution >= 0.6 is 27.3 Å². The summed E-state index contributed by atoms with van der Waals surface area (Å²) >= 11 is 4.93. The molecule has 0 radical (unpaired) electrons. The molecule has 26 heavy (non-hydrogen) atoms. The minimum Gasteiger partial charge on any atom is -0.366 e. The highest BCUT2D eigenvalue weighted by Crippen LogP contribution is 2.27. The van der Waals surface area contributed by atoms with E-state index in [1.165, 1.54) is 30.4 Å². The van der Waals surface area contributed by atoms with E-state index in [9.17, 15) is 4.79 Å². The first-order valence-corrected chi connectivity index (χ1v) is 10.2. The van der Waals surface area contributed by atoms with Crippen molar-refractivity contribution in [3.05, 3.63) is 39.3 Å². The lowest BCUT2D eigenvalue weighted by atomic mass is 9.91. The van der Waals surface area contributed by atoms with Gasteiger partial charge in [0.1, 0.15) is 11.4 Å². The van der Waals surface area contributed by atoms with E-state index in [1.807, 2.05) is 16.8 Å². The van der Waals surface area contributed by atoms with Gasteiger partial charge in [0.25, 0.3) is 5.91 Å². The van der Waals surface area contributed by atoms with Crippen molar-refractivity contribution in [2.45, 2.75) is 37.8 Å². The van der Waals surface area contributed by atoms with Gasteiger partial charge in [-0.2, -0.15) is 5.10 Å². The number of halogens is 1. The van der Waals surface area contributed by atoms with Crippen LogP contribution in [0.4, 0.5) is 11.5 Å². The minimum atomic E-state index is -0.238. The SMILES string of the molecule is N[C@H]1CCCC[C@H]1Nc1ccn2ncc(C(=O)Nc3cscc3Br)c2n1. The van der Waals surface area contributed by atoms with Crippen LogP contribution in [0.2, 0.25) is 0 Å². The molecule has 4 rings (SSSR count). The van der Waals surface area contributed by atoms with Gasteiger partial charge in [0.2, 0.25) is 0 Å². The van der Waals surface area contributed by atoms with Crippen molar-refractivity contribution < 1.29 is 4.79 Å². The number of thiophene rings is 1. The normalized spacial score (nSPS) is 20.2. The Kier molecular flexibility index (Phi) is 4.92. The number of nitrogens with zero attached hydrogens (tertiary/aromatic N) is 3. The lowest BCUT2D eigenvalue weighted by Gasteiger charge is -2.29. The van der Waals surface area contributed by atoms with Crippen LogP contribution in [0.1, 0.15) is 36.0 Å². The number of aromatic nitrogens is 3. The molecule has 2 atom stereocenters. The summed E-state index contributed by atoms with van der Waals surface area (Å²) in [6, 6.07) is 2.20. The Morgan fingerprint density at radius 1 is 1.35 bits per heavy atom. The molecular formula is C17H19BrN6OS. The number of nitrogens with one attached hydrogen (secondary N) is 2. The molecule has 1 amide bonds. The zero-order chi connectivity index (χ0) is 18.1. The van der Waals surface area contributed by atoms with Crippen LogP contribution in [0.3, 0.4) is 0 Å². The van der Waals surface area contributed by atoms with Crippen molar-refractivity contribution in [3.8, 4) is 0 Å². The predicted octanol–water partition coefficient (Wildman–Crippen LogP) is 3.49. The molecule has 0 bridgehead atoms. The number of rotatable bonds is 4. The van der Waals surface area contributed by atoms with Gasteiger partial charge >= 0.3 is 0 Å². The number of carbonyl (C=O) groups excluding carboxylic acids is 1. The lowest BCUT2D eigenvalue weighted by Crippen LogP contribution is -2.42. The molecule has 0 saturated heterocycles. The van der Waals surface area contributed by atoms with Crippen molar-refractivity contribution in [3.63, 3.8) is 0 Å². The molecule has 0 aromatic carbocycles. The molecule has 4 N–H and O–H groups in total. The fraction of sp³-hybridized carbons (Fsp3) is 0.353. The molecule has 9 heteroatoms. The van der Waals surface area contributed by atoms with Gasteiger partial charge in [0.15, 0.2) is 5.65 Å². The fourth-order valence-electron chi connectivity index (χ4n) is 3.20. The van der Waals surface area contributed by atoms with Crippen molar-refractivity contribution in [2.75, 3.05) is 10.6 Å². The minimum absolute atomic E-state index is 0.130. The molecule has 3 heterocycles. The topological polar surface area (TPSA) is 97.3 Å². The molecule has 0 spiro atoms. The second-order valence-electron chi connectivity index (χ2n) is 6.43. The number of fused-ring (bicyclic) bond motifs is 1. The Morgan fingerprint density at radius 2 is 2.19 bits per heavy atom. The van der Waals surface area contributed by atoms with E-state index in [-0.39, 0.29) is 18.0 Å². The van der Waals surface area contributed by atoms with Crippen molar-refractivity contribution in [1.82, 2.24) is 14.6 Å². The largest absolute Gasteiger partial charge is 0.366 e. The summed E-state index contributed by atoms with van der Waals surface area (Å²) in [5, 5.41) is 14.3. The highest BCUT2D eigenvalue weighted by molar-refractivity contribution is 9.10. The van der Waals surface area contributed by atoms with Gasteiger partial charge in [-0.25, -0.2) is 9.50 Å². The fourth-order valence-corrected chi connectivity index (χ4v) is 4.52. The summed E-state index contributed by atoms with van der Waals surface area (Å²) in [5.41, 5.74) is 7.90. The maximum Gasteiger partial charge on any atom is 0.261 e. The van der Waals surface area contributed by atoms with E-state index < -0.39 is 0 Å². The van der Waals surface area contributed by atoms with E-state index in [0.717, 1.165) is 23.0 Å². The number of nitrogens with two attached hydrogens (primary N) is 1. The summed E-state index contributed by atoms with van der Waals surface area (Å²) in [6.07, 6.45) is 7.74. The van der Waals surface area contributed by atoms with Crippen LogP contribution in [0, 0.1) is 0 Å². The Balaban J connectivity index is 1.58. The maximum atomic E-state index is 12.6. The Bertz CT molecular complexity index is 938. The summed E-state index contributed by atoms with van der Waals surface area (Å²) in [4.78, 5) is 17.2. The smallest absolute Gasteiger partial charge is 0.261 e. The number of amides is 1. The van der Waals surface area contributed by atoms with Crippen molar-refractivity contribution in [1.29, 1.82) is 0 Å². The van der Waals surface area contributed by atoms with E-state index in [4.69, 9.17) is 5.73 Å². The van der Waals surface area contributed by atoms with Gasteiger partial charge < -0.3 is 16.4 Å². The van der Waals surface area contributed by atoms with Crippen molar-refractivity contribution >= 4 is 50.3 Å². The van der Waals surface area contributed by atoms with Gasteiger partial charge in [0.05, 0.1) is 16.4 Å². The lowest BCUT2D eigenvalue weighted by molar-refractivity contribution is 0.102. The average molecular weight is 435 g/mol. The second kappa shape index (κ2) is 7.34. The standard InChI is InChI=1S/C17H19BrN6OS/c18-11-8-26-9-14(11)22-17(25)10-7-20-24-6-5-15(23-16(10)24)21-13-4-2-1-3-12(13)19/h5-9,12-13H,1-4,19H2,(H,21,23)(H,22,25)/t12-,13+/m0/s1. The van der Waals surface area contributed by atoms with Crippen LogP contribution in [-0.4, -0.2) is 32.6 Å². The summed E-state index contributed by atoms with van der Waals surface area (Å²) in [5.74, 6) is 0.476. The molecule has 3 aromatic rings. The van der Waals surface area contributed by atoms with Crippen LogP contribution in [-0.2, 0) is 0 Å². The number of hydrogen-bond acceptors (Lipinski definition) is 6. The second-order valence-corrected chi connectivity index (χ2v) is 8.02. The number of anilines is 2. The van der Waals surface area contributed by atoms with Gasteiger partial charge in [-0.3, -0.25) is 4.79 Å². The monoisotopic (exact) mass is 434 g/mol. The average Bonchev–Trinajstić information content (AvgIpc) is 3.23. The predicted molar refractivity (Wildman–Crippen MR) is 107 cm³/mol. The zero-order valence-electron chi connectivity index (χ0n) is 14.0. The third kappa shape index (κ3) is 3.46. The molecule has 1 aliphatic rings. The van der Waals surface area contributed by atoms with Gasteiger partial charge in [-0.15, -0.1) is 11.3 Å². The molecule has 136 valence electrons. The van der Waals surface area contributed by atoms with E-state index >= 15 is 0 Å². The van der Waals surface area contributed by atoms with Crippen LogP contribution in [0.15, 0.2) is 33.7 Å². The summed E-state index contributed by atoms with van der Waals surface area (Å²) < 4.78 is 2.46. The van der Waals surface area contributed by atoms with Crippen molar-refractivity contribution in [2.24, 2.45) is 5.73 Å². The first kappa shape index (κ1) is 17.4. The molecule has 1 aliphatic carbocycles. The molecule has 0 unspecified atom stereocenters. The van der Waals surface area contributed by atoms with E-state index in [1.54, 1.807) is 10.7 Å². The third-order valence-corrected chi connectivity index (χ3v) is 6.33. The highest BCUT2D eigenvalue weighted by atomic mass is 79.9. The zero-order valence-corrected chi connectivity index (χ0v) is 16.4. The van der Waals surface area contributed by atoms with Gasteiger partial charge in [-0.1, -0.05) is 12.8 Å². The molecule has 7 nitrogen and oxygen atoms in total. The van der Waals surface area contributed by atoms with E-state index in [2.05, 4.69) is 36.6 Å². The molecule has 1 fully saturated rings. The van der Waals surface area contributed by atoms with Crippen LogP contribution in [0.5, 0.6) is 0 Å². The molecule has 3 aromatic heterocycles. The molecular weight excluding hydrogens is 416 g/mol. The van der Waals surface area contributed by atoms with Crippen LogP contribution in [0.25, 0.3) is 5.65 Å².